The zero-order chi connectivity index (χ0) is 18.7. The summed E-state index contributed by atoms with van der Waals surface area (Å²) in [7, 11) is 0. The second-order valence-electron chi connectivity index (χ2n) is 8.78. The van der Waals surface area contributed by atoms with Gasteiger partial charge in [-0.2, -0.15) is 0 Å². The fourth-order valence-corrected chi connectivity index (χ4v) is 3.56. The SMILES string of the molecule is CC(C)(C)c1ccc(CCC(=O)N2CCCN(C(=O)C3CC3)CC2)cc1. The van der Waals surface area contributed by atoms with Gasteiger partial charge in [0.15, 0.2) is 0 Å². The van der Waals surface area contributed by atoms with E-state index in [0.717, 1.165) is 38.8 Å². The van der Waals surface area contributed by atoms with Gasteiger partial charge in [-0.3, -0.25) is 9.59 Å². The highest BCUT2D eigenvalue weighted by Crippen LogP contribution is 2.31. The van der Waals surface area contributed by atoms with E-state index < -0.39 is 0 Å². The van der Waals surface area contributed by atoms with Crippen molar-refractivity contribution in [2.24, 2.45) is 5.92 Å². The first-order chi connectivity index (χ1) is 12.3. The summed E-state index contributed by atoms with van der Waals surface area (Å²) in [5.74, 6) is 0.789. The van der Waals surface area contributed by atoms with Crippen molar-refractivity contribution in [1.82, 2.24) is 9.80 Å². The Morgan fingerprint density at radius 3 is 2.19 bits per heavy atom. The summed E-state index contributed by atoms with van der Waals surface area (Å²) >= 11 is 0. The molecule has 1 aromatic rings. The van der Waals surface area contributed by atoms with Gasteiger partial charge in [0.05, 0.1) is 0 Å². The van der Waals surface area contributed by atoms with Gasteiger partial charge in [0.25, 0.3) is 0 Å². The van der Waals surface area contributed by atoms with E-state index in [9.17, 15) is 9.59 Å². The van der Waals surface area contributed by atoms with Crippen LogP contribution in [0.4, 0.5) is 0 Å². The molecule has 0 spiro atoms. The molecule has 2 amide bonds. The van der Waals surface area contributed by atoms with Gasteiger partial charge in [0.2, 0.25) is 11.8 Å². The van der Waals surface area contributed by atoms with Gasteiger partial charge in [-0.15, -0.1) is 0 Å². The molecule has 1 aromatic carbocycles. The Labute approximate surface area is 157 Å². The van der Waals surface area contributed by atoms with Crippen LogP contribution in [0.2, 0.25) is 0 Å². The van der Waals surface area contributed by atoms with E-state index >= 15 is 0 Å². The van der Waals surface area contributed by atoms with E-state index in [-0.39, 0.29) is 17.2 Å². The third kappa shape index (κ3) is 4.87. The van der Waals surface area contributed by atoms with Gasteiger partial charge < -0.3 is 9.80 Å². The fraction of sp³-hybridized carbons (Fsp3) is 0.636. The summed E-state index contributed by atoms with van der Waals surface area (Å²) in [6, 6.07) is 8.64. The highest BCUT2D eigenvalue weighted by Gasteiger charge is 2.34. The molecule has 2 aliphatic rings. The standard InChI is InChI=1S/C22H32N2O2/c1-22(2,3)19-10-5-17(6-11-19)7-12-20(25)23-13-4-14-24(16-15-23)21(26)18-8-9-18/h5-6,10-11,18H,4,7-9,12-16H2,1-3H3. The van der Waals surface area contributed by atoms with Gasteiger partial charge in [-0.25, -0.2) is 0 Å². The van der Waals surface area contributed by atoms with Gasteiger partial charge in [0.1, 0.15) is 0 Å². The number of hydrogen-bond donors (Lipinski definition) is 0. The first-order valence-electron chi connectivity index (χ1n) is 10.0. The number of carbonyl (C=O) groups is 2. The minimum Gasteiger partial charge on any atom is -0.341 e. The molecule has 0 bridgehead atoms. The first kappa shape index (κ1) is 18.9. The Bertz CT molecular complexity index is 641. The maximum Gasteiger partial charge on any atom is 0.225 e. The molecule has 2 fully saturated rings. The molecule has 142 valence electrons. The van der Waals surface area contributed by atoms with Crippen LogP contribution in [-0.2, 0) is 21.4 Å². The van der Waals surface area contributed by atoms with Gasteiger partial charge in [0, 0.05) is 38.5 Å². The van der Waals surface area contributed by atoms with Gasteiger partial charge in [-0.05, 0) is 42.2 Å². The lowest BCUT2D eigenvalue weighted by atomic mass is 9.86. The Morgan fingerprint density at radius 1 is 0.962 bits per heavy atom. The third-order valence-electron chi connectivity index (χ3n) is 5.53. The normalized spacial score (nSPS) is 18.6. The molecule has 4 heteroatoms. The molecular weight excluding hydrogens is 324 g/mol. The number of amides is 2. The molecule has 1 aliphatic heterocycles. The maximum atomic E-state index is 12.6. The third-order valence-corrected chi connectivity index (χ3v) is 5.53. The number of aryl methyl sites for hydroxylation is 1. The number of benzene rings is 1. The molecular formula is C22H32N2O2. The molecule has 0 aromatic heterocycles. The molecule has 3 rings (SSSR count). The summed E-state index contributed by atoms with van der Waals surface area (Å²) in [5.41, 5.74) is 2.69. The van der Waals surface area contributed by atoms with E-state index in [1.54, 1.807) is 0 Å². The minimum absolute atomic E-state index is 0.157. The lowest BCUT2D eigenvalue weighted by molar-refractivity contribution is -0.134. The van der Waals surface area contributed by atoms with Crippen LogP contribution in [0.1, 0.15) is 57.6 Å². The van der Waals surface area contributed by atoms with E-state index in [4.69, 9.17) is 0 Å². The Hall–Kier alpha value is -1.84. The van der Waals surface area contributed by atoms with Crippen molar-refractivity contribution in [3.8, 4) is 0 Å². The van der Waals surface area contributed by atoms with Crippen molar-refractivity contribution in [1.29, 1.82) is 0 Å². The van der Waals surface area contributed by atoms with E-state index in [1.807, 2.05) is 9.80 Å². The number of hydrogen-bond acceptors (Lipinski definition) is 2. The van der Waals surface area contributed by atoms with Crippen LogP contribution in [0.3, 0.4) is 0 Å². The average Bonchev–Trinajstić information content (AvgIpc) is 3.45. The highest BCUT2D eigenvalue weighted by molar-refractivity contribution is 5.81. The van der Waals surface area contributed by atoms with Crippen LogP contribution in [0.15, 0.2) is 24.3 Å². The van der Waals surface area contributed by atoms with Gasteiger partial charge in [-0.1, -0.05) is 45.0 Å². The van der Waals surface area contributed by atoms with Crippen LogP contribution < -0.4 is 0 Å². The van der Waals surface area contributed by atoms with Crippen molar-refractivity contribution in [3.05, 3.63) is 35.4 Å². The minimum atomic E-state index is 0.157. The van der Waals surface area contributed by atoms with Crippen LogP contribution in [0.5, 0.6) is 0 Å². The van der Waals surface area contributed by atoms with Gasteiger partial charge >= 0.3 is 0 Å². The molecule has 4 nitrogen and oxygen atoms in total. The fourth-order valence-electron chi connectivity index (χ4n) is 3.56. The van der Waals surface area contributed by atoms with E-state index in [2.05, 4.69) is 45.0 Å². The topological polar surface area (TPSA) is 40.6 Å². The van der Waals surface area contributed by atoms with Crippen molar-refractivity contribution in [2.75, 3.05) is 26.2 Å². The van der Waals surface area contributed by atoms with Crippen molar-refractivity contribution in [2.45, 2.75) is 58.3 Å². The Morgan fingerprint density at radius 2 is 1.58 bits per heavy atom. The predicted octanol–water partition coefficient (Wildman–Crippen LogP) is 3.39. The van der Waals surface area contributed by atoms with Crippen LogP contribution in [-0.4, -0.2) is 47.8 Å². The smallest absolute Gasteiger partial charge is 0.225 e. The largest absolute Gasteiger partial charge is 0.341 e. The van der Waals surface area contributed by atoms with Crippen LogP contribution in [0, 0.1) is 5.92 Å². The number of carbonyl (C=O) groups excluding carboxylic acids is 2. The summed E-state index contributed by atoms with van der Waals surface area (Å²) in [5, 5.41) is 0. The summed E-state index contributed by atoms with van der Waals surface area (Å²) in [4.78, 5) is 28.7. The number of nitrogens with zero attached hydrogens (tertiary/aromatic N) is 2. The second kappa shape index (κ2) is 7.81. The molecule has 1 heterocycles. The van der Waals surface area contributed by atoms with E-state index in [1.165, 1.54) is 11.1 Å². The zero-order valence-electron chi connectivity index (χ0n) is 16.5. The highest BCUT2D eigenvalue weighted by atomic mass is 16.2. The second-order valence-corrected chi connectivity index (χ2v) is 8.78. The predicted molar refractivity (Wildman–Crippen MR) is 104 cm³/mol. The lowest BCUT2D eigenvalue weighted by Crippen LogP contribution is -2.38. The first-order valence-corrected chi connectivity index (χ1v) is 10.0. The molecule has 1 saturated heterocycles. The molecule has 1 saturated carbocycles. The molecule has 1 aliphatic carbocycles. The quantitative estimate of drug-likeness (QED) is 0.830. The van der Waals surface area contributed by atoms with Crippen molar-refractivity contribution < 1.29 is 9.59 Å². The summed E-state index contributed by atoms with van der Waals surface area (Å²) in [6.45, 7) is 9.58. The van der Waals surface area contributed by atoms with Crippen molar-refractivity contribution in [3.63, 3.8) is 0 Å². The van der Waals surface area contributed by atoms with E-state index in [0.29, 0.717) is 25.4 Å². The average molecular weight is 357 g/mol. The zero-order valence-corrected chi connectivity index (χ0v) is 16.5. The van der Waals surface area contributed by atoms with Crippen molar-refractivity contribution >= 4 is 11.8 Å². The maximum absolute atomic E-state index is 12.6. The number of rotatable bonds is 4. The molecule has 0 radical (unpaired) electrons. The molecule has 0 atom stereocenters. The molecule has 26 heavy (non-hydrogen) atoms. The molecule has 0 N–H and O–H groups in total. The lowest BCUT2D eigenvalue weighted by Gasteiger charge is -2.22. The summed E-state index contributed by atoms with van der Waals surface area (Å²) in [6.07, 6.45) is 4.32. The Balaban J connectivity index is 1.48. The monoisotopic (exact) mass is 356 g/mol. The molecule has 0 unspecified atom stereocenters. The van der Waals surface area contributed by atoms with Crippen LogP contribution >= 0.6 is 0 Å². The summed E-state index contributed by atoms with van der Waals surface area (Å²) < 4.78 is 0. The van der Waals surface area contributed by atoms with Crippen LogP contribution in [0.25, 0.3) is 0 Å². The Kier molecular flexibility index (Phi) is 5.69.